The summed E-state index contributed by atoms with van der Waals surface area (Å²) < 4.78 is 0. The molecule has 2 rings (SSSR count). The highest BCUT2D eigenvalue weighted by atomic mass is 16.3. The van der Waals surface area contributed by atoms with Crippen LogP contribution in [0.3, 0.4) is 0 Å². The largest absolute Gasteiger partial charge is 0.503 e. The van der Waals surface area contributed by atoms with E-state index in [9.17, 15) is 14.7 Å². The van der Waals surface area contributed by atoms with Gasteiger partial charge in [-0.25, -0.2) is 0 Å². The van der Waals surface area contributed by atoms with Crippen LogP contribution in [0, 0.1) is 5.92 Å². The fraction of sp³-hybridized carbons (Fsp3) is 0.444. The van der Waals surface area contributed by atoms with Crippen LogP contribution in [-0.2, 0) is 9.59 Å². The van der Waals surface area contributed by atoms with Crippen LogP contribution >= 0.6 is 0 Å². The summed E-state index contributed by atoms with van der Waals surface area (Å²) in [4.78, 5) is 26.5. The van der Waals surface area contributed by atoms with Gasteiger partial charge in [-0.05, 0) is 12.0 Å². The second-order valence-corrected chi connectivity index (χ2v) is 5.95. The van der Waals surface area contributed by atoms with Gasteiger partial charge in [-0.1, -0.05) is 57.5 Å². The lowest BCUT2D eigenvalue weighted by atomic mass is 9.91. The number of hydrogen-bond donors (Lipinski definition) is 1. The third-order valence-electron chi connectivity index (χ3n) is 3.96. The van der Waals surface area contributed by atoms with Crippen molar-refractivity contribution in [3.05, 3.63) is 47.2 Å². The van der Waals surface area contributed by atoms with E-state index >= 15 is 0 Å². The van der Waals surface area contributed by atoms with E-state index in [2.05, 4.69) is 0 Å². The van der Waals surface area contributed by atoms with E-state index < -0.39 is 11.9 Å². The second-order valence-electron chi connectivity index (χ2n) is 5.95. The standard InChI is InChI=1S/C18H23NO3/c1-4-5-11-19-15(13-9-7-6-8-10-13)14(16(20)12(2)3)17(21)18(19)22/h6-10,12,15,21H,4-5,11H2,1-3H3. The molecule has 1 N–H and O–H groups in total. The van der Waals surface area contributed by atoms with Gasteiger partial charge in [0.2, 0.25) is 0 Å². The molecule has 1 aliphatic heterocycles. The zero-order valence-corrected chi connectivity index (χ0v) is 13.4. The van der Waals surface area contributed by atoms with Crippen molar-refractivity contribution < 1.29 is 14.7 Å². The van der Waals surface area contributed by atoms with Gasteiger partial charge in [0.25, 0.3) is 5.91 Å². The molecule has 1 amide bonds. The first-order chi connectivity index (χ1) is 10.5. The van der Waals surface area contributed by atoms with Gasteiger partial charge in [0.1, 0.15) is 0 Å². The van der Waals surface area contributed by atoms with E-state index in [0.29, 0.717) is 6.54 Å². The van der Waals surface area contributed by atoms with E-state index in [1.165, 1.54) is 0 Å². The normalized spacial score (nSPS) is 18.5. The number of aliphatic hydroxyl groups excluding tert-OH is 1. The predicted molar refractivity (Wildman–Crippen MR) is 85.3 cm³/mol. The Morgan fingerprint density at radius 2 is 1.91 bits per heavy atom. The fourth-order valence-electron chi connectivity index (χ4n) is 2.76. The van der Waals surface area contributed by atoms with Crippen LogP contribution < -0.4 is 0 Å². The van der Waals surface area contributed by atoms with Crippen molar-refractivity contribution >= 4 is 11.7 Å². The average Bonchev–Trinajstić information content (AvgIpc) is 2.77. The first-order valence-electron chi connectivity index (χ1n) is 7.82. The lowest BCUT2D eigenvalue weighted by Gasteiger charge is -2.27. The number of amides is 1. The van der Waals surface area contributed by atoms with Crippen molar-refractivity contribution in [2.45, 2.75) is 39.7 Å². The minimum Gasteiger partial charge on any atom is -0.503 e. The molecule has 118 valence electrons. The number of nitrogens with zero attached hydrogens (tertiary/aromatic N) is 1. The molecule has 1 aromatic rings. The molecule has 1 aromatic carbocycles. The quantitative estimate of drug-likeness (QED) is 0.876. The first kappa shape index (κ1) is 16.3. The molecule has 1 atom stereocenters. The summed E-state index contributed by atoms with van der Waals surface area (Å²) in [6, 6.07) is 8.96. The molecular formula is C18H23NO3. The number of carbonyl (C=O) groups excluding carboxylic acids is 2. The summed E-state index contributed by atoms with van der Waals surface area (Å²) in [5.74, 6) is -1.25. The molecule has 1 aliphatic rings. The van der Waals surface area contributed by atoms with Crippen molar-refractivity contribution in [3.8, 4) is 0 Å². The molecule has 1 unspecified atom stereocenters. The molecule has 0 bridgehead atoms. The van der Waals surface area contributed by atoms with Gasteiger partial charge in [0.15, 0.2) is 11.5 Å². The summed E-state index contributed by atoms with van der Waals surface area (Å²) in [5.41, 5.74) is 1.10. The molecular weight excluding hydrogens is 278 g/mol. The van der Waals surface area contributed by atoms with E-state index in [0.717, 1.165) is 18.4 Å². The number of rotatable bonds is 6. The molecule has 0 aromatic heterocycles. The summed E-state index contributed by atoms with van der Waals surface area (Å²) >= 11 is 0. The second kappa shape index (κ2) is 6.77. The molecule has 0 fully saturated rings. The Labute approximate surface area is 131 Å². The molecule has 0 aliphatic carbocycles. The van der Waals surface area contributed by atoms with E-state index in [4.69, 9.17) is 0 Å². The Balaban J connectivity index is 2.48. The number of aliphatic hydroxyl groups is 1. The first-order valence-corrected chi connectivity index (χ1v) is 7.82. The van der Waals surface area contributed by atoms with Gasteiger partial charge in [0, 0.05) is 12.5 Å². The van der Waals surface area contributed by atoms with Gasteiger partial charge < -0.3 is 10.0 Å². The molecule has 22 heavy (non-hydrogen) atoms. The Morgan fingerprint density at radius 3 is 2.45 bits per heavy atom. The molecule has 0 saturated carbocycles. The minimum atomic E-state index is -0.477. The topological polar surface area (TPSA) is 57.6 Å². The number of hydrogen-bond acceptors (Lipinski definition) is 3. The van der Waals surface area contributed by atoms with E-state index in [1.807, 2.05) is 37.3 Å². The third kappa shape index (κ3) is 2.91. The number of Topliss-reactive ketones (excluding diaryl/α,β-unsaturated/α-hetero) is 1. The van der Waals surface area contributed by atoms with Crippen molar-refractivity contribution in [2.24, 2.45) is 5.92 Å². The molecule has 4 nitrogen and oxygen atoms in total. The molecule has 4 heteroatoms. The SMILES string of the molecule is CCCCN1C(=O)C(O)=C(C(=O)C(C)C)C1c1ccccc1. The van der Waals surface area contributed by atoms with Gasteiger partial charge in [-0.2, -0.15) is 0 Å². The van der Waals surface area contributed by atoms with Crippen LogP contribution in [-0.4, -0.2) is 28.2 Å². The van der Waals surface area contributed by atoms with Crippen LogP contribution in [0.4, 0.5) is 0 Å². The zero-order valence-electron chi connectivity index (χ0n) is 13.4. The zero-order chi connectivity index (χ0) is 16.3. The van der Waals surface area contributed by atoms with Crippen molar-refractivity contribution in [3.63, 3.8) is 0 Å². The highest BCUT2D eigenvalue weighted by molar-refractivity contribution is 6.09. The summed E-state index contributed by atoms with van der Waals surface area (Å²) in [7, 11) is 0. The van der Waals surface area contributed by atoms with E-state index in [1.54, 1.807) is 18.7 Å². The smallest absolute Gasteiger partial charge is 0.290 e. The Kier molecular flexibility index (Phi) is 5.01. The van der Waals surface area contributed by atoms with Gasteiger partial charge in [-0.15, -0.1) is 0 Å². The number of carbonyl (C=O) groups is 2. The van der Waals surface area contributed by atoms with Crippen LogP contribution in [0.5, 0.6) is 0 Å². The Bertz CT molecular complexity index is 590. The minimum absolute atomic E-state index is 0.168. The number of benzene rings is 1. The molecule has 0 radical (unpaired) electrons. The maximum Gasteiger partial charge on any atom is 0.290 e. The average molecular weight is 301 g/mol. The molecule has 1 heterocycles. The Hall–Kier alpha value is -2.10. The Morgan fingerprint density at radius 1 is 1.27 bits per heavy atom. The van der Waals surface area contributed by atoms with Gasteiger partial charge in [0.05, 0.1) is 11.6 Å². The van der Waals surface area contributed by atoms with Crippen LogP contribution in [0.1, 0.15) is 45.2 Å². The van der Waals surface area contributed by atoms with Gasteiger partial charge in [-0.3, -0.25) is 9.59 Å². The lowest BCUT2D eigenvalue weighted by Crippen LogP contribution is -2.32. The maximum atomic E-state index is 12.5. The highest BCUT2D eigenvalue weighted by Gasteiger charge is 2.43. The number of ketones is 1. The predicted octanol–water partition coefficient (Wildman–Crippen LogP) is 3.41. The number of unbranched alkanes of at least 4 members (excludes halogenated alkanes) is 1. The van der Waals surface area contributed by atoms with E-state index in [-0.39, 0.29) is 23.0 Å². The lowest BCUT2D eigenvalue weighted by molar-refractivity contribution is -0.129. The van der Waals surface area contributed by atoms with Crippen molar-refractivity contribution in [2.75, 3.05) is 6.54 Å². The third-order valence-corrected chi connectivity index (χ3v) is 3.96. The van der Waals surface area contributed by atoms with Crippen LogP contribution in [0.15, 0.2) is 41.7 Å². The van der Waals surface area contributed by atoms with Gasteiger partial charge >= 0.3 is 0 Å². The fourth-order valence-corrected chi connectivity index (χ4v) is 2.76. The summed E-state index contributed by atoms with van der Waals surface area (Å²) in [6.07, 6.45) is 1.78. The van der Waals surface area contributed by atoms with Crippen LogP contribution in [0.2, 0.25) is 0 Å². The van der Waals surface area contributed by atoms with Crippen molar-refractivity contribution in [1.82, 2.24) is 4.90 Å². The molecule has 0 spiro atoms. The summed E-state index contributed by atoms with van der Waals surface area (Å²) in [6.45, 7) is 6.15. The molecule has 0 saturated heterocycles. The van der Waals surface area contributed by atoms with Crippen LogP contribution in [0.25, 0.3) is 0 Å². The monoisotopic (exact) mass is 301 g/mol. The van der Waals surface area contributed by atoms with Crippen molar-refractivity contribution in [1.29, 1.82) is 0 Å². The summed E-state index contributed by atoms with van der Waals surface area (Å²) in [5, 5.41) is 10.2. The maximum absolute atomic E-state index is 12.5. The highest BCUT2D eigenvalue weighted by Crippen LogP contribution is 2.38.